The van der Waals surface area contributed by atoms with Crippen LogP contribution in [0.5, 0.6) is 0 Å². The van der Waals surface area contributed by atoms with Gasteiger partial charge in [-0.2, -0.15) is 4.58 Å². The van der Waals surface area contributed by atoms with Gasteiger partial charge in [0.1, 0.15) is 0 Å². The lowest BCUT2D eigenvalue weighted by molar-refractivity contribution is 0.630. The van der Waals surface area contributed by atoms with Gasteiger partial charge < -0.3 is 21.3 Å². The maximum absolute atomic E-state index is 6.22. The second-order valence-corrected chi connectivity index (χ2v) is 15.5. The molecule has 7 rings (SSSR count). The fourth-order valence-electron chi connectivity index (χ4n) is 8.56. The first-order valence-electron chi connectivity index (χ1n) is 18.8. The van der Waals surface area contributed by atoms with E-state index in [-0.39, 0.29) is 10.8 Å². The third kappa shape index (κ3) is 6.27. The normalized spacial score (nSPS) is 20.4. The maximum atomic E-state index is 6.22. The molecule has 0 spiro atoms. The van der Waals surface area contributed by atoms with E-state index >= 15 is 0 Å². The highest BCUT2D eigenvalue weighted by molar-refractivity contribution is 6.17. The number of fused-ring (bicyclic) bond motifs is 2. The average Bonchev–Trinajstić information content (AvgIpc) is 3.69. The predicted octanol–water partition coefficient (Wildman–Crippen LogP) is 9.51. The molecule has 1 fully saturated rings. The van der Waals surface area contributed by atoms with Crippen molar-refractivity contribution in [2.24, 2.45) is 11.5 Å². The van der Waals surface area contributed by atoms with E-state index in [1.807, 2.05) is 0 Å². The van der Waals surface area contributed by atoms with Crippen molar-refractivity contribution < 1.29 is 0 Å². The summed E-state index contributed by atoms with van der Waals surface area (Å²) in [7, 11) is 0. The zero-order chi connectivity index (χ0) is 36.6. The molecule has 1 aliphatic carbocycles. The molecular weight excluding hydrogens is 635 g/mol. The molecule has 0 aromatic heterocycles. The molecular formula is C47H54N5+. The number of hydrogen-bond donors (Lipinski definition) is 2. The van der Waals surface area contributed by atoms with Crippen molar-refractivity contribution in [2.75, 3.05) is 36.0 Å². The number of nitrogens with zero attached hydrogens (tertiary/aromatic N) is 3. The second kappa shape index (κ2) is 14.2. The van der Waals surface area contributed by atoms with Crippen LogP contribution in [-0.2, 0) is 10.8 Å². The molecule has 2 aliphatic heterocycles. The topological polar surface area (TPSA) is 61.5 Å². The summed E-state index contributed by atoms with van der Waals surface area (Å²) in [5.41, 5.74) is 28.7. The molecule has 4 aromatic carbocycles. The molecule has 0 unspecified atom stereocenters. The van der Waals surface area contributed by atoms with Gasteiger partial charge in [0.2, 0.25) is 17.1 Å². The third-order valence-electron chi connectivity index (χ3n) is 11.2. The summed E-state index contributed by atoms with van der Waals surface area (Å²) in [6, 6.07) is 35.2. The minimum absolute atomic E-state index is 0.151. The zero-order valence-electron chi connectivity index (χ0n) is 31.8. The van der Waals surface area contributed by atoms with Crippen LogP contribution in [0, 0.1) is 13.8 Å². The fourth-order valence-corrected chi connectivity index (χ4v) is 8.56. The first-order chi connectivity index (χ1) is 25.1. The van der Waals surface area contributed by atoms with Crippen molar-refractivity contribution in [3.05, 3.63) is 166 Å². The fraction of sp³-hybridized carbons (Fsp3) is 0.298. The Kier molecular flexibility index (Phi) is 9.69. The van der Waals surface area contributed by atoms with E-state index in [9.17, 15) is 0 Å². The van der Waals surface area contributed by atoms with Gasteiger partial charge in [-0.3, -0.25) is 0 Å². The van der Waals surface area contributed by atoms with Crippen LogP contribution in [0.15, 0.2) is 144 Å². The van der Waals surface area contributed by atoms with Crippen LogP contribution < -0.4 is 25.8 Å². The maximum Gasteiger partial charge on any atom is 0.218 e. The largest absolute Gasteiger partial charge is 0.343 e. The number of para-hydroxylation sites is 2. The first kappa shape index (κ1) is 35.4. The highest BCUT2D eigenvalue weighted by Crippen LogP contribution is 2.49. The van der Waals surface area contributed by atoms with Crippen molar-refractivity contribution in [3.8, 4) is 0 Å². The quantitative estimate of drug-likeness (QED) is 0.181. The van der Waals surface area contributed by atoms with E-state index in [1.165, 1.54) is 61.9 Å². The Labute approximate surface area is 311 Å². The molecule has 2 heterocycles. The molecule has 0 amide bonds. The minimum Gasteiger partial charge on any atom is -0.343 e. The SMILES string of the molecule is Cc1ccc2c(c1)C(C)(C)C(=CC=C1CC/C(=C\C=C3\N(CCN)c4ccc(C)cc4C3(C)C)C1=[N+](c1ccccc1)c1ccccc1)N2CCN. The van der Waals surface area contributed by atoms with Crippen molar-refractivity contribution in [1.29, 1.82) is 0 Å². The van der Waals surface area contributed by atoms with Gasteiger partial charge in [0.25, 0.3) is 0 Å². The number of anilines is 2. The number of aryl methyl sites for hydroxylation is 2. The highest BCUT2D eigenvalue weighted by Gasteiger charge is 2.41. The molecule has 5 nitrogen and oxygen atoms in total. The number of benzene rings is 4. The molecule has 52 heavy (non-hydrogen) atoms. The van der Waals surface area contributed by atoms with Crippen LogP contribution in [0.1, 0.15) is 62.8 Å². The summed E-state index contributed by atoms with van der Waals surface area (Å²) >= 11 is 0. The second-order valence-electron chi connectivity index (χ2n) is 15.5. The molecule has 0 radical (unpaired) electrons. The predicted molar refractivity (Wildman–Crippen MR) is 222 cm³/mol. The molecule has 0 bridgehead atoms. The third-order valence-corrected chi connectivity index (χ3v) is 11.2. The Morgan fingerprint density at radius 1 is 0.577 bits per heavy atom. The van der Waals surface area contributed by atoms with Gasteiger partial charge in [-0.15, -0.1) is 0 Å². The summed E-state index contributed by atoms with van der Waals surface area (Å²) in [6.07, 6.45) is 11.4. The molecule has 3 aliphatic rings. The van der Waals surface area contributed by atoms with Crippen LogP contribution in [-0.4, -0.2) is 31.9 Å². The van der Waals surface area contributed by atoms with E-state index in [0.717, 1.165) is 37.3 Å². The van der Waals surface area contributed by atoms with Crippen molar-refractivity contribution in [2.45, 2.75) is 65.2 Å². The lowest BCUT2D eigenvalue weighted by Gasteiger charge is -2.26. The first-order valence-corrected chi connectivity index (χ1v) is 18.8. The molecule has 1 saturated carbocycles. The van der Waals surface area contributed by atoms with Gasteiger partial charge in [0.15, 0.2) is 0 Å². The van der Waals surface area contributed by atoms with Crippen molar-refractivity contribution in [1.82, 2.24) is 4.58 Å². The van der Waals surface area contributed by atoms with E-state index in [1.54, 1.807) is 0 Å². The summed E-state index contributed by atoms with van der Waals surface area (Å²) in [5.74, 6) is 0. The summed E-state index contributed by atoms with van der Waals surface area (Å²) in [5, 5.41) is 0. The molecule has 4 aromatic rings. The summed E-state index contributed by atoms with van der Waals surface area (Å²) < 4.78 is 2.45. The smallest absolute Gasteiger partial charge is 0.218 e. The van der Waals surface area contributed by atoms with Crippen LogP contribution in [0.25, 0.3) is 0 Å². The van der Waals surface area contributed by atoms with Crippen LogP contribution in [0.4, 0.5) is 22.7 Å². The molecule has 4 N–H and O–H groups in total. The average molecular weight is 689 g/mol. The number of rotatable bonds is 8. The van der Waals surface area contributed by atoms with Gasteiger partial charge in [-0.05, 0) is 62.1 Å². The van der Waals surface area contributed by atoms with Gasteiger partial charge in [0.05, 0.1) is 0 Å². The Bertz CT molecular complexity index is 1980. The molecule has 0 atom stereocenters. The van der Waals surface area contributed by atoms with Crippen molar-refractivity contribution >= 4 is 28.5 Å². The zero-order valence-corrected chi connectivity index (χ0v) is 31.8. The van der Waals surface area contributed by atoms with Crippen LogP contribution in [0.2, 0.25) is 0 Å². The van der Waals surface area contributed by atoms with E-state index in [2.05, 4.69) is 177 Å². The Hall–Kier alpha value is -4.97. The monoisotopic (exact) mass is 688 g/mol. The number of allylic oxidation sites excluding steroid dienone is 8. The molecule has 0 saturated heterocycles. The molecule has 266 valence electrons. The van der Waals surface area contributed by atoms with Gasteiger partial charge in [-0.25, -0.2) is 0 Å². The van der Waals surface area contributed by atoms with Gasteiger partial charge in [-0.1, -0.05) is 112 Å². The number of hydrogen-bond acceptors (Lipinski definition) is 4. The number of nitrogens with two attached hydrogens (primary N) is 2. The highest BCUT2D eigenvalue weighted by atomic mass is 15.2. The minimum atomic E-state index is -0.151. The van der Waals surface area contributed by atoms with Crippen LogP contribution >= 0.6 is 0 Å². The lowest BCUT2D eigenvalue weighted by Crippen LogP contribution is -2.30. The van der Waals surface area contributed by atoms with E-state index in [4.69, 9.17) is 11.5 Å². The van der Waals surface area contributed by atoms with Crippen LogP contribution in [0.3, 0.4) is 0 Å². The summed E-state index contributed by atoms with van der Waals surface area (Å²) in [4.78, 5) is 4.86. The summed E-state index contributed by atoms with van der Waals surface area (Å²) in [6.45, 7) is 16.5. The Morgan fingerprint density at radius 3 is 1.37 bits per heavy atom. The standard InChI is InChI=1S/C47H54N5/c1-33-17-23-41-39(31-33)46(3,4)43(50(41)29-27-48)25-21-35-19-20-36(45(35)52(37-13-9-7-10-14-37)38-15-11-8-12-16-38)22-26-44-47(5,6)40-32-34(2)18-24-42(40)51(44)30-28-49/h7-18,21-26,31-32H,19-20,27-30,48-49H2,1-6H3/q+1. The van der Waals surface area contributed by atoms with E-state index < -0.39 is 0 Å². The van der Waals surface area contributed by atoms with E-state index in [0.29, 0.717) is 13.1 Å². The lowest BCUT2D eigenvalue weighted by atomic mass is 9.83. The molecule has 5 heteroatoms. The Balaban J connectivity index is 1.42. The van der Waals surface area contributed by atoms with Gasteiger partial charge >= 0.3 is 0 Å². The van der Waals surface area contributed by atoms with Crippen molar-refractivity contribution in [3.63, 3.8) is 0 Å². The van der Waals surface area contributed by atoms with Gasteiger partial charge in [0, 0.05) is 95.2 Å². The Morgan fingerprint density at radius 2 is 0.981 bits per heavy atom.